The molecule has 5 heteroatoms. The largest absolute Gasteiger partial charge is 0.416 e. The van der Waals surface area contributed by atoms with Crippen LogP contribution in [0.5, 0.6) is 0 Å². The lowest BCUT2D eigenvalue weighted by atomic mass is 10.0. The molecule has 0 spiro atoms. The van der Waals surface area contributed by atoms with Crippen molar-refractivity contribution in [3.8, 4) is 11.1 Å². The molecule has 2 rings (SSSR count). The molecule has 0 aromatic heterocycles. The van der Waals surface area contributed by atoms with Gasteiger partial charge in [0.15, 0.2) is 0 Å². The smallest absolute Gasteiger partial charge is 0.352 e. The van der Waals surface area contributed by atoms with E-state index in [9.17, 15) is 18.0 Å². The molecule has 22 heavy (non-hydrogen) atoms. The number of hydrogen-bond acceptors (Lipinski definition) is 1. The van der Waals surface area contributed by atoms with Gasteiger partial charge in [-0.15, -0.1) is 0 Å². The van der Waals surface area contributed by atoms with Gasteiger partial charge < -0.3 is 5.32 Å². The van der Waals surface area contributed by atoms with Gasteiger partial charge in [-0.2, -0.15) is 13.2 Å². The van der Waals surface area contributed by atoms with Crippen LogP contribution in [0.3, 0.4) is 0 Å². The number of carbonyl (C=O) groups is 1. The molecule has 2 nitrogen and oxygen atoms in total. The minimum absolute atomic E-state index is 0.0215. The van der Waals surface area contributed by atoms with E-state index in [0.717, 1.165) is 28.8 Å². The minimum atomic E-state index is -4.32. The predicted octanol–water partition coefficient (Wildman–Crippen LogP) is 4.40. The first-order chi connectivity index (χ1) is 10.4. The highest BCUT2D eigenvalue weighted by Crippen LogP contribution is 2.30. The van der Waals surface area contributed by atoms with Crippen molar-refractivity contribution in [2.24, 2.45) is 0 Å². The zero-order valence-corrected chi connectivity index (χ0v) is 12.1. The molecule has 0 aliphatic heterocycles. The van der Waals surface area contributed by atoms with Gasteiger partial charge in [0.2, 0.25) is 5.91 Å². The molecule has 0 unspecified atom stereocenters. The number of hydrogen-bond donors (Lipinski definition) is 1. The van der Waals surface area contributed by atoms with E-state index in [-0.39, 0.29) is 5.91 Å². The van der Waals surface area contributed by atoms with Crippen LogP contribution < -0.4 is 5.32 Å². The van der Waals surface area contributed by atoms with E-state index in [1.54, 1.807) is 6.92 Å². The number of benzene rings is 2. The zero-order chi connectivity index (χ0) is 16.2. The van der Waals surface area contributed by atoms with Crippen molar-refractivity contribution in [2.45, 2.75) is 26.1 Å². The van der Waals surface area contributed by atoms with Crippen molar-refractivity contribution < 1.29 is 18.0 Å². The van der Waals surface area contributed by atoms with Crippen LogP contribution in [0.2, 0.25) is 0 Å². The second kappa shape index (κ2) is 6.64. The van der Waals surface area contributed by atoms with Gasteiger partial charge in [0, 0.05) is 13.0 Å². The first-order valence-electron chi connectivity index (χ1n) is 6.93. The summed E-state index contributed by atoms with van der Waals surface area (Å²) in [5.74, 6) is -0.0215. The second-order valence-electron chi connectivity index (χ2n) is 4.90. The summed E-state index contributed by atoms with van der Waals surface area (Å²) in [6.45, 7) is 2.23. The Morgan fingerprint density at radius 2 is 1.45 bits per heavy atom. The Hall–Kier alpha value is -2.30. The summed E-state index contributed by atoms with van der Waals surface area (Å²) in [6, 6.07) is 12.4. The predicted molar refractivity (Wildman–Crippen MR) is 79.0 cm³/mol. The van der Waals surface area contributed by atoms with Crippen LogP contribution in [-0.2, 0) is 17.5 Å². The van der Waals surface area contributed by atoms with Crippen molar-refractivity contribution in [2.75, 3.05) is 0 Å². The van der Waals surface area contributed by atoms with E-state index in [1.165, 1.54) is 12.1 Å². The van der Waals surface area contributed by atoms with Crippen molar-refractivity contribution in [3.05, 3.63) is 59.7 Å². The van der Waals surface area contributed by atoms with E-state index in [2.05, 4.69) is 5.32 Å². The van der Waals surface area contributed by atoms with E-state index in [1.807, 2.05) is 24.3 Å². The van der Waals surface area contributed by atoms with Gasteiger partial charge in [-0.1, -0.05) is 43.3 Å². The van der Waals surface area contributed by atoms with Crippen LogP contribution in [0, 0.1) is 0 Å². The van der Waals surface area contributed by atoms with Crippen molar-refractivity contribution in [1.29, 1.82) is 0 Å². The molecule has 1 N–H and O–H groups in total. The Balaban J connectivity index is 2.08. The second-order valence-corrected chi connectivity index (χ2v) is 4.90. The molecule has 0 aliphatic rings. The molecule has 0 saturated carbocycles. The summed E-state index contributed by atoms with van der Waals surface area (Å²) in [5.41, 5.74) is 1.84. The molecule has 0 aliphatic carbocycles. The van der Waals surface area contributed by atoms with Crippen LogP contribution in [0.15, 0.2) is 48.5 Å². The molecule has 116 valence electrons. The van der Waals surface area contributed by atoms with Crippen LogP contribution in [0.1, 0.15) is 24.5 Å². The first-order valence-corrected chi connectivity index (χ1v) is 6.93. The highest BCUT2D eigenvalue weighted by atomic mass is 19.4. The summed E-state index contributed by atoms with van der Waals surface area (Å²) in [4.78, 5) is 11.2. The third kappa shape index (κ3) is 4.10. The first kappa shape index (κ1) is 16.1. The van der Waals surface area contributed by atoms with Crippen LogP contribution in [-0.4, -0.2) is 5.91 Å². The summed E-state index contributed by atoms with van der Waals surface area (Å²) >= 11 is 0. The quantitative estimate of drug-likeness (QED) is 0.891. The average Bonchev–Trinajstić information content (AvgIpc) is 2.52. The number of carbonyl (C=O) groups excluding carboxylic acids is 1. The normalized spacial score (nSPS) is 11.3. The van der Waals surface area contributed by atoms with Crippen molar-refractivity contribution in [3.63, 3.8) is 0 Å². The van der Waals surface area contributed by atoms with Crippen LogP contribution in [0.25, 0.3) is 11.1 Å². The number of nitrogens with one attached hydrogen (secondary N) is 1. The summed E-state index contributed by atoms with van der Waals surface area (Å²) < 4.78 is 37.6. The SMILES string of the molecule is CCC(=O)NCc1ccc(-c2ccc(C(F)(F)F)cc2)cc1. The standard InChI is InChI=1S/C17H16F3NO/c1-2-16(22)21-11-12-3-5-13(6-4-12)14-7-9-15(10-8-14)17(18,19)20/h3-10H,2,11H2,1H3,(H,21,22). The van der Waals surface area contributed by atoms with Crippen molar-refractivity contribution >= 4 is 5.91 Å². The lowest BCUT2D eigenvalue weighted by Crippen LogP contribution is -2.21. The summed E-state index contributed by atoms with van der Waals surface area (Å²) in [6.07, 6.45) is -3.89. The molecule has 2 aromatic rings. The highest BCUT2D eigenvalue weighted by molar-refractivity contribution is 5.75. The molecule has 0 radical (unpaired) electrons. The molecular formula is C17H16F3NO. The molecular weight excluding hydrogens is 291 g/mol. The Kier molecular flexibility index (Phi) is 4.85. The van der Waals surface area contributed by atoms with E-state index >= 15 is 0 Å². The fourth-order valence-electron chi connectivity index (χ4n) is 1.99. The molecule has 0 saturated heterocycles. The summed E-state index contributed by atoms with van der Waals surface area (Å²) in [7, 11) is 0. The molecule has 0 fully saturated rings. The maximum atomic E-state index is 12.5. The maximum absolute atomic E-state index is 12.5. The lowest BCUT2D eigenvalue weighted by Gasteiger charge is -2.09. The van der Waals surface area contributed by atoms with Gasteiger partial charge in [-0.25, -0.2) is 0 Å². The van der Waals surface area contributed by atoms with Gasteiger partial charge in [-0.05, 0) is 28.8 Å². The Morgan fingerprint density at radius 3 is 1.91 bits per heavy atom. The third-order valence-corrected chi connectivity index (χ3v) is 3.31. The molecule has 0 atom stereocenters. The van der Waals surface area contributed by atoms with Gasteiger partial charge in [0.25, 0.3) is 0 Å². The summed E-state index contributed by atoms with van der Waals surface area (Å²) in [5, 5.41) is 2.77. The number of rotatable bonds is 4. The highest BCUT2D eigenvalue weighted by Gasteiger charge is 2.29. The maximum Gasteiger partial charge on any atom is 0.416 e. The molecule has 1 amide bonds. The van der Waals surface area contributed by atoms with Gasteiger partial charge in [0.1, 0.15) is 0 Å². The monoisotopic (exact) mass is 307 g/mol. The van der Waals surface area contributed by atoms with Gasteiger partial charge >= 0.3 is 6.18 Å². The van der Waals surface area contributed by atoms with Crippen LogP contribution in [0.4, 0.5) is 13.2 Å². The van der Waals surface area contributed by atoms with Gasteiger partial charge in [0.05, 0.1) is 5.56 Å². The van der Waals surface area contributed by atoms with Gasteiger partial charge in [-0.3, -0.25) is 4.79 Å². The van der Waals surface area contributed by atoms with E-state index in [4.69, 9.17) is 0 Å². The van der Waals surface area contributed by atoms with Crippen LogP contribution >= 0.6 is 0 Å². The third-order valence-electron chi connectivity index (χ3n) is 3.31. The molecule has 0 bridgehead atoms. The molecule has 0 heterocycles. The Labute approximate surface area is 127 Å². The Bertz CT molecular complexity index is 630. The van der Waals surface area contributed by atoms with Crippen molar-refractivity contribution in [1.82, 2.24) is 5.32 Å². The fourth-order valence-corrected chi connectivity index (χ4v) is 1.99. The number of alkyl halides is 3. The Morgan fingerprint density at radius 1 is 0.955 bits per heavy atom. The topological polar surface area (TPSA) is 29.1 Å². The van der Waals surface area contributed by atoms with E-state index < -0.39 is 11.7 Å². The fraction of sp³-hybridized carbons (Fsp3) is 0.235. The molecule has 2 aromatic carbocycles. The minimum Gasteiger partial charge on any atom is -0.352 e. The lowest BCUT2D eigenvalue weighted by molar-refractivity contribution is -0.137. The number of amides is 1. The number of halogens is 3. The average molecular weight is 307 g/mol. The van der Waals surface area contributed by atoms with E-state index in [0.29, 0.717) is 13.0 Å². The zero-order valence-electron chi connectivity index (χ0n) is 12.1.